The molecule has 5 aliphatic carbocycles. The van der Waals surface area contributed by atoms with Crippen LogP contribution in [0.1, 0.15) is 43.2 Å². The number of hydrogen-bond donors (Lipinski definition) is 0. The van der Waals surface area contributed by atoms with Crippen LogP contribution in [-0.4, -0.2) is 19.9 Å². The first-order valence-electron chi connectivity index (χ1n) is 21.0. The van der Waals surface area contributed by atoms with Crippen LogP contribution in [-0.2, 0) is 5.41 Å². The minimum Gasteiger partial charge on any atom is -0.248 e. The lowest BCUT2D eigenvalue weighted by Crippen LogP contribution is -2.55. The van der Waals surface area contributed by atoms with Gasteiger partial charge in [0.25, 0.3) is 0 Å². The number of aromatic nitrogens is 4. The van der Waals surface area contributed by atoms with Crippen molar-refractivity contribution >= 4 is 0 Å². The molecule has 4 bridgehead atoms. The van der Waals surface area contributed by atoms with E-state index in [2.05, 4.69) is 127 Å². The van der Waals surface area contributed by atoms with E-state index < -0.39 is 0 Å². The smallest absolute Gasteiger partial charge is 0.164 e. The van der Waals surface area contributed by atoms with E-state index in [9.17, 15) is 0 Å². The van der Waals surface area contributed by atoms with Gasteiger partial charge in [-0.2, -0.15) is 0 Å². The summed E-state index contributed by atoms with van der Waals surface area (Å²) in [6.45, 7) is 0. The van der Waals surface area contributed by atoms with Gasteiger partial charge in [-0.3, -0.25) is 0 Å². The first-order valence-corrected chi connectivity index (χ1v) is 21.0. The van der Waals surface area contributed by atoms with Gasteiger partial charge in [0.05, 0.1) is 11.4 Å². The fourth-order valence-corrected chi connectivity index (χ4v) is 11.7. The van der Waals surface area contributed by atoms with Gasteiger partial charge >= 0.3 is 0 Å². The molecule has 0 amide bonds. The average Bonchev–Trinajstić information content (AvgIpc) is 3.58. The van der Waals surface area contributed by atoms with Crippen LogP contribution in [0.15, 0.2) is 170 Å². The molecule has 0 unspecified atom stereocenters. The highest BCUT2D eigenvalue weighted by molar-refractivity contribution is 5.87. The maximum absolute atomic E-state index is 5.26. The highest BCUT2D eigenvalue weighted by atomic mass is 15.0. The van der Waals surface area contributed by atoms with Crippen LogP contribution in [0.5, 0.6) is 0 Å². The molecule has 58 heavy (non-hydrogen) atoms. The van der Waals surface area contributed by atoms with Gasteiger partial charge in [-0.1, -0.05) is 133 Å². The Labute approximate surface area is 339 Å². The Hall–Kier alpha value is -6.52. The third kappa shape index (κ3) is 5.35. The fraction of sp³-hybridized carbons (Fsp3) is 0.185. The van der Waals surface area contributed by atoms with Crippen molar-refractivity contribution in [1.82, 2.24) is 19.9 Å². The molecule has 0 saturated heterocycles. The Balaban J connectivity index is 1.07. The normalized spacial score (nSPS) is 22.2. The van der Waals surface area contributed by atoms with Crippen molar-refractivity contribution in [3.8, 4) is 78.9 Å². The van der Waals surface area contributed by atoms with Crippen LogP contribution in [0.4, 0.5) is 0 Å². The summed E-state index contributed by atoms with van der Waals surface area (Å²) in [6.07, 6.45) is 6.89. The third-order valence-corrected chi connectivity index (χ3v) is 13.9. The molecule has 2 heterocycles. The Morgan fingerprint density at radius 2 is 0.828 bits per heavy atom. The molecule has 2 aromatic heterocycles. The van der Waals surface area contributed by atoms with E-state index in [4.69, 9.17) is 19.9 Å². The molecular formula is C54H42N4. The van der Waals surface area contributed by atoms with Gasteiger partial charge < -0.3 is 0 Å². The van der Waals surface area contributed by atoms with E-state index in [1.54, 1.807) is 11.1 Å². The van der Waals surface area contributed by atoms with E-state index in [-0.39, 0.29) is 5.41 Å². The molecule has 0 N–H and O–H groups in total. The molecular weight excluding hydrogens is 705 g/mol. The topological polar surface area (TPSA) is 51.6 Å². The second-order valence-corrected chi connectivity index (χ2v) is 17.1. The summed E-state index contributed by atoms with van der Waals surface area (Å²) in [7, 11) is 0. The quantitative estimate of drug-likeness (QED) is 0.170. The molecule has 5 aliphatic rings. The van der Waals surface area contributed by atoms with Crippen molar-refractivity contribution in [2.45, 2.75) is 37.5 Å². The summed E-state index contributed by atoms with van der Waals surface area (Å²) < 4.78 is 0. The number of hydrogen-bond acceptors (Lipinski definition) is 4. The van der Waals surface area contributed by atoms with Crippen molar-refractivity contribution in [1.29, 1.82) is 0 Å². The molecule has 4 nitrogen and oxygen atoms in total. The number of rotatable bonds is 6. The van der Waals surface area contributed by atoms with E-state index in [0.29, 0.717) is 29.3 Å². The molecule has 0 atom stereocenters. The van der Waals surface area contributed by atoms with E-state index in [1.807, 2.05) is 42.5 Å². The van der Waals surface area contributed by atoms with Crippen molar-refractivity contribution in [2.75, 3.05) is 0 Å². The van der Waals surface area contributed by atoms with Crippen LogP contribution in [0.3, 0.4) is 0 Å². The Bertz CT molecular complexity index is 2760. The van der Waals surface area contributed by atoms with Gasteiger partial charge in [-0.05, 0) is 126 Å². The highest BCUT2D eigenvalue weighted by Crippen LogP contribution is 2.69. The van der Waals surface area contributed by atoms with Gasteiger partial charge in [0, 0.05) is 33.2 Å². The molecule has 8 aromatic rings. The van der Waals surface area contributed by atoms with Crippen molar-refractivity contribution < 1.29 is 0 Å². The number of fused-ring (bicyclic) bond motifs is 3. The molecule has 4 heteroatoms. The zero-order chi connectivity index (χ0) is 38.2. The van der Waals surface area contributed by atoms with E-state index in [1.165, 1.54) is 48.8 Å². The van der Waals surface area contributed by atoms with Crippen molar-refractivity contribution in [2.24, 2.45) is 23.7 Å². The predicted molar refractivity (Wildman–Crippen MR) is 233 cm³/mol. The molecule has 13 rings (SSSR count). The average molecular weight is 747 g/mol. The van der Waals surface area contributed by atoms with E-state index >= 15 is 0 Å². The Morgan fingerprint density at radius 3 is 1.47 bits per heavy atom. The minimum atomic E-state index is 0.0880. The van der Waals surface area contributed by atoms with Crippen LogP contribution >= 0.6 is 0 Å². The molecule has 4 saturated carbocycles. The second-order valence-electron chi connectivity index (χ2n) is 17.1. The predicted octanol–water partition coefficient (Wildman–Crippen LogP) is 13.0. The highest BCUT2D eigenvalue weighted by Gasteiger charge is 2.61. The number of benzene rings is 6. The van der Waals surface area contributed by atoms with Crippen LogP contribution in [0.25, 0.3) is 78.9 Å². The summed E-state index contributed by atoms with van der Waals surface area (Å²) in [4.78, 5) is 20.7. The Kier molecular flexibility index (Phi) is 7.69. The zero-order valence-corrected chi connectivity index (χ0v) is 32.3. The summed E-state index contributed by atoms with van der Waals surface area (Å²) in [5, 5.41) is 0. The Morgan fingerprint density at radius 1 is 0.328 bits per heavy atom. The largest absolute Gasteiger partial charge is 0.248 e. The minimum absolute atomic E-state index is 0.0880. The van der Waals surface area contributed by atoms with Crippen LogP contribution < -0.4 is 0 Å². The lowest BCUT2D eigenvalue weighted by Gasteiger charge is -2.61. The third-order valence-electron chi connectivity index (χ3n) is 13.9. The van der Waals surface area contributed by atoms with Gasteiger partial charge in [0.15, 0.2) is 17.5 Å². The van der Waals surface area contributed by atoms with Gasteiger partial charge in [0.1, 0.15) is 0 Å². The first kappa shape index (κ1) is 33.6. The maximum atomic E-state index is 5.26. The first-order chi connectivity index (χ1) is 28.7. The SMILES string of the molecule is c1ccc(-c2cccc(-c3cc(-c4ccc5c(c4)C4(c6ccccc6-5)C5CC6CC(C5)CC4C6)cc(-c4nc(-c5ccccc5)nc(-c5ccccc5)n4)c3)n2)cc1. The van der Waals surface area contributed by atoms with Crippen molar-refractivity contribution in [3.05, 3.63) is 181 Å². The monoisotopic (exact) mass is 746 g/mol. The van der Waals surface area contributed by atoms with Gasteiger partial charge in [0.2, 0.25) is 0 Å². The molecule has 278 valence electrons. The zero-order valence-electron chi connectivity index (χ0n) is 32.3. The molecule has 0 radical (unpaired) electrons. The number of pyridine rings is 1. The lowest BCUT2D eigenvalue weighted by atomic mass is 9.43. The second kappa shape index (κ2) is 13.3. The molecule has 0 aliphatic heterocycles. The number of nitrogens with zero attached hydrogens (tertiary/aromatic N) is 4. The lowest BCUT2D eigenvalue weighted by molar-refractivity contribution is -0.0399. The summed E-state index contributed by atoms with van der Waals surface area (Å²) in [5.41, 5.74) is 15.3. The van der Waals surface area contributed by atoms with E-state index in [0.717, 1.165) is 56.6 Å². The summed E-state index contributed by atoms with van der Waals surface area (Å²) >= 11 is 0. The maximum Gasteiger partial charge on any atom is 0.164 e. The van der Waals surface area contributed by atoms with Crippen molar-refractivity contribution in [3.63, 3.8) is 0 Å². The summed E-state index contributed by atoms with van der Waals surface area (Å²) in [5.74, 6) is 5.14. The van der Waals surface area contributed by atoms with Crippen LogP contribution in [0.2, 0.25) is 0 Å². The van der Waals surface area contributed by atoms with Gasteiger partial charge in [-0.15, -0.1) is 0 Å². The fourth-order valence-electron chi connectivity index (χ4n) is 11.7. The summed E-state index contributed by atoms with van der Waals surface area (Å²) in [6, 6.07) is 60.8. The molecule has 6 aromatic carbocycles. The molecule has 1 spiro atoms. The van der Waals surface area contributed by atoms with Gasteiger partial charge in [-0.25, -0.2) is 19.9 Å². The molecule has 4 fully saturated rings. The standard InChI is InChI=1S/C54H42N4/c1-4-13-36(14-5-1)49-21-12-22-50(55-49)41-30-40(31-42(32-41)53-57-51(37-15-6-2-7-16-37)56-52(58-53)38-17-8-3-9-18-38)39-23-24-46-45-19-10-11-20-47(45)54(48(46)33-39)43-26-34-25-35(28-43)29-44(54)27-34/h1-24,30-35,43-44H,25-29H2. The van der Waals surface area contributed by atoms with Crippen LogP contribution in [0, 0.1) is 23.7 Å².